The van der Waals surface area contributed by atoms with Gasteiger partial charge >= 0.3 is 0 Å². The molecule has 0 aliphatic carbocycles. The number of rotatable bonds is 5. The molecule has 0 aromatic heterocycles. The number of nitrogens with zero attached hydrogens (tertiary/aromatic N) is 2. The molecule has 1 atom stereocenters. The van der Waals surface area contributed by atoms with E-state index in [0.29, 0.717) is 18.1 Å². The Balaban J connectivity index is 1.92. The van der Waals surface area contributed by atoms with Gasteiger partial charge in [-0.2, -0.15) is 0 Å². The highest BCUT2D eigenvalue weighted by atomic mass is 35.5. The number of piperazine rings is 1. The molecular formula is C22H24ClN3O5S. The molecule has 0 radical (unpaired) electrons. The fraction of sp³-hybridized carbons (Fsp3) is 0.318. The SMILES string of the molecule is CC(=O)N1CCN(C(=O)C(NC(=O)c2cccc(C)c2)S(=O)(=O)c2ccc(Cl)cc2)CC1. The van der Waals surface area contributed by atoms with Crippen LogP contribution in [0, 0.1) is 6.92 Å². The highest BCUT2D eigenvalue weighted by Crippen LogP contribution is 2.20. The lowest BCUT2D eigenvalue weighted by Gasteiger charge is -2.36. The summed E-state index contributed by atoms with van der Waals surface area (Å²) in [5.74, 6) is -1.54. The van der Waals surface area contributed by atoms with E-state index in [0.717, 1.165) is 5.56 Å². The van der Waals surface area contributed by atoms with E-state index < -0.39 is 27.0 Å². The van der Waals surface area contributed by atoms with Crippen molar-refractivity contribution in [2.75, 3.05) is 26.2 Å². The van der Waals surface area contributed by atoms with Crippen molar-refractivity contribution in [3.63, 3.8) is 0 Å². The number of hydrogen-bond donors (Lipinski definition) is 1. The summed E-state index contributed by atoms with van der Waals surface area (Å²) >= 11 is 5.87. The van der Waals surface area contributed by atoms with E-state index >= 15 is 0 Å². The summed E-state index contributed by atoms with van der Waals surface area (Å²) in [6, 6.07) is 12.0. The Kier molecular flexibility index (Phi) is 7.20. The molecule has 0 spiro atoms. The number of aryl methyl sites for hydroxylation is 1. The zero-order valence-corrected chi connectivity index (χ0v) is 19.3. The number of hydrogen-bond acceptors (Lipinski definition) is 5. The first-order chi connectivity index (χ1) is 15.1. The standard InChI is InChI=1S/C22H24ClN3O5S/c1-15-4-3-5-17(14-15)20(28)24-21(32(30,31)19-8-6-18(23)7-9-19)22(29)26-12-10-25(11-13-26)16(2)27/h3-9,14,21H,10-13H2,1-2H3,(H,24,28). The lowest BCUT2D eigenvalue weighted by molar-refractivity contribution is -0.138. The van der Waals surface area contributed by atoms with E-state index in [2.05, 4.69) is 5.32 Å². The van der Waals surface area contributed by atoms with E-state index in [1.807, 2.05) is 0 Å². The van der Waals surface area contributed by atoms with E-state index in [9.17, 15) is 22.8 Å². The summed E-state index contributed by atoms with van der Waals surface area (Å²) in [4.78, 5) is 40.5. The van der Waals surface area contributed by atoms with Crippen LogP contribution >= 0.6 is 11.6 Å². The van der Waals surface area contributed by atoms with Crippen molar-refractivity contribution < 1.29 is 22.8 Å². The molecule has 1 aliphatic heterocycles. The van der Waals surface area contributed by atoms with Gasteiger partial charge in [0.1, 0.15) is 0 Å². The van der Waals surface area contributed by atoms with Crippen molar-refractivity contribution in [3.05, 3.63) is 64.7 Å². The number of halogens is 1. The minimum Gasteiger partial charge on any atom is -0.339 e. The van der Waals surface area contributed by atoms with Gasteiger partial charge in [0.2, 0.25) is 21.1 Å². The lowest BCUT2D eigenvalue weighted by atomic mass is 10.1. The lowest BCUT2D eigenvalue weighted by Crippen LogP contribution is -2.57. The van der Waals surface area contributed by atoms with Crippen LogP contribution in [-0.2, 0) is 19.4 Å². The summed E-state index contributed by atoms with van der Waals surface area (Å²) in [6.07, 6.45) is 0. The van der Waals surface area contributed by atoms with E-state index in [1.54, 1.807) is 36.1 Å². The third-order valence-corrected chi connectivity index (χ3v) is 7.38. The van der Waals surface area contributed by atoms with Crippen LogP contribution in [0.1, 0.15) is 22.8 Å². The molecule has 170 valence electrons. The van der Waals surface area contributed by atoms with Gasteiger partial charge < -0.3 is 15.1 Å². The maximum Gasteiger partial charge on any atom is 0.261 e. The number of carbonyl (C=O) groups excluding carboxylic acids is 3. The second kappa shape index (κ2) is 9.70. The van der Waals surface area contributed by atoms with Gasteiger partial charge in [0.05, 0.1) is 4.90 Å². The van der Waals surface area contributed by atoms with Crippen molar-refractivity contribution in [2.45, 2.75) is 24.1 Å². The predicted molar refractivity (Wildman–Crippen MR) is 120 cm³/mol. The van der Waals surface area contributed by atoms with Crippen LogP contribution in [0.5, 0.6) is 0 Å². The highest BCUT2D eigenvalue weighted by Gasteiger charge is 2.39. The Bertz CT molecular complexity index is 1130. The van der Waals surface area contributed by atoms with Crippen LogP contribution in [-0.4, -0.2) is 67.5 Å². The largest absolute Gasteiger partial charge is 0.339 e. The van der Waals surface area contributed by atoms with Crippen LogP contribution in [0.4, 0.5) is 0 Å². The maximum atomic E-state index is 13.4. The van der Waals surface area contributed by atoms with Crippen molar-refractivity contribution in [3.8, 4) is 0 Å². The first-order valence-corrected chi connectivity index (χ1v) is 11.9. The molecule has 3 amide bonds. The van der Waals surface area contributed by atoms with Gasteiger partial charge in [-0.3, -0.25) is 14.4 Å². The molecule has 1 aliphatic rings. The van der Waals surface area contributed by atoms with Gasteiger partial charge in [-0.15, -0.1) is 0 Å². The molecule has 1 unspecified atom stereocenters. The Hall–Kier alpha value is -2.91. The molecule has 0 bridgehead atoms. The Morgan fingerprint density at radius 2 is 1.56 bits per heavy atom. The van der Waals surface area contributed by atoms with Crippen LogP contribution in [0.3, 0.4) is 0 Å². The van der Waals surface area contributed by atoms with Crippen LogP contribution in [0.2, 0.25) is 5.02 Å². The number of benzene rings is 2. The summed E-state index contributed by atoms with van der Waals surface area (Å²) < 4.78 is 26.7. The molecular weight excluding hydrogens is 454 g/mol. The van der Waals surface area contributed by atoms with Gasteiger partial charge in [0.15, 0.2) is 0 Å². The molecule has 1 saturated heterocycles. The fourth-order valence-corrected chi connectivity index (χ4v) is 5.02. The number of amides is 3. The zero-order chi connectivity index (χ0) is 23.5. The Morgan fingerprint density at radius 3 is 2.12 bits per heavy atom. The van der Waals surface area contributed by atoms with Gasteiger partial charge in [-0.05, 0) is 43.3 Å². The fourth-order valence-electron chi connectivity index (χ4n) is 3.43. The second-order valence-electron chi connectivity index (χ2n) is 7.55. The molecule has 0 saturated carbocycles. The van der Waals surface area contributed by atoms with Crippen molar-refractivity contribution in [1.82, 2.24) is 15.1 Å². The highest BCUT2D eigenvalue weighted by molar-refractivity contribution is 7.92. The van der Waals surface area contributed by atoms with Crippen LogP contribution < -0.4 is 5.32 Å². The Labute approximate surface area is 192 Å². The summed E-state index contributed by atoms with van der Waals surface area (Å²) in [5.41, 5.74) is 1.07. The molecule has 32 heavy (non-hydrogen) atoms. The third kappa shape index (κ3) is 5.28. The molecule has 10 heteroatoms. The summed E-state index contributed by atoms with van der Waals surface area (Å²) in [6.45, 7) is 4.17. The maximum absolute atomic E-state index is 13.4. The van der Waals surface area contributed by atoms with Crippen LogP contribution in [0.25, 0.3) is 0 Å². The molecule has 2 aromatic rings. The zero-order valence-electron chi connectivity index (χ0n) is 17.7. The number of nitrogens with one attached hydrogen (secondary N) is 1. The minimum absolute atomic E-state index is 0.116. The van der Waals surface area contributed by atoms with Gasteiger partial charge in [0.25, 0.3) is 11.8 Å². The number of carbonyl (C=O) groups is 3. The van der Waals surface area contributed by atoms with Crippen molar-refractivity contribution >= 4 is 39.2 Å². The van der Waals surface area contributed by atoms with Gasteiger partial charge in [0, 0.05) is 43.7 Å². The van der Waals surface area contributed by atoms with Crippen LogP contribution in [0.15, 0.2) is 53.4 Å². The first kappa shape index (κ1) is 23.7. The third-order valence-electron chi connectivity index (χ3n) is 5.26. The van der Waals surface area contributed by atoms with E-state index in [4.69, 9.17) is 11.6 Å². The quantitative estimate of drug-likeness (QED) is 0.708. The van der Waals surface area contributed by atoms with E-state index in [-0.39, 0.29) is 29.5 Å². The minimum atomic E-state index is -4.27. The molecule has 1 heterocycles. The van der Waals surface area contributed by atoms with Gasteiger partial charge in [-0.25, -0.2) is 8.42 Å². The normalized spacial score (nSPS) is 15.2. The predicted octanol–water partition coefficient (Wildman–Crippen LogP) is 1.87. The average molecular weight is 478 g/mol. The van der Waals surface area contributed by atoms with E-state index in [1.165, 1.54) is 36.1 Å². The average Bonchev–Trinajstić information content (AvgIpc) is 2.77. The molecule has 8 nitrogen and oxygen atoms in total. The molecule has 1 fully saturated rings. The first-order valence-electron chi connectivity index (χ1n) is 10.0. The smallest absolute Gasteiger partial charge is 0.261 e. The summed E-state index contributed by atoms with van der Waals surface area (Å²) in [7, 11) is -4.27. The summed E-state index contributed by atoms with van der Waals surface area (Å²) in [5, 5.41) is 0.938. The Morgan fingerprint density at radius 1 is 0.969 bits per heavy atom. The molecule has 3 rings (SSSR count). The second-order valence-corrected chi connectivity index (χ2v) is 10.0. The topological polar surface area (TPSA) is 104 Å². The molecule has 1 N–H and O–H groups in total. The van der Waals surface area contributed by atoms with Crippen molar-refractivity contribution in [2.24, 2.45) is 0 Å². The van der Waals surface area contributed by atoms with Crippen molar-refractivity contribution in [1.29, 1.82) is 0 Å². The number of sulfone groups is 1. The monoisotopic (exact) mass is 477 g/mol. The van der Waals surface area contributed by atoms with Gasteiger partial charge in [-0.1, -0.05) is 29.3 Å². The molecule has 2 aromatic carbocycles.